The summed E-state index contributed by atoms with van der Waals surface area (Å²) in [5, 5.41) is 9.28. The molecule has 19 heavy (non-hydrogen) atoms. The van der Waals surface area contributed by atoms with E-state index in [2.05, 4.69) is 4.98 Å². The molecule has 0 aromatic carbocycles. The Kier molecular flexibility index (Phi) is 2.80. The van der Waals surface area contributed by atoms with Gasteiger partial charge in [-0.25, -0.2) is 4.98 Å². The van der Waals surface area contributed by atoms with Crippen molar-refractivity contribution in [2.75, 3.05) is 13.1 Å². The molecule has 3 rings (SSSR count). The molecule has 2 heterocycles. The Morgan fingerprint density at radius 3 is 2.63 bits per heavy atom. The first kappa shape index (κ1) is 12.2. The number of likely N-dealkylation sites (tertiary alicyclic amines) is 1. The van der Waals surface area contributed by atoms with Gasteiger partial charge in [-0.05, 0) is 24.7 Å². The van der Waals surface area contributed by atoms with Crippen LogP contribution in [0.1, 0.15) is 23.3 Å². The number of hydrogen-bond acceptors (Lipinski definition) is 3. The SMILES string of the molecule is Cn1cnc(C(=O)N2C[C@@H](C(=O)O)[C@H](C3CC3)C2)c1. The number of aryl methyl sites for hydroxylation is 1. The molecular weight excluding hydrogens is 246 g/mol. The Bertz CT molecular complexity index is 521. The summed E-state index contributed by atoms with van der Waals surface area (Å²) in [6.45, 7) is 0.864. The fourth-order valence-electron chi connectivity index (χ4n) is 2.94. The standard InChI is InChI=1S/C13H17N3O3/c1-15-6-11(14-7-15)12(17)16-4-9(8-2-3-8)10(5-16)13(18)19/h6-10H,2-5H2,1H3,(H,18,19)/t9-,10+/m0/s1. The molecule has 6 nitrogen and oxygen atoms in total. The average Bonchev–Trinajstić information content (AvgIpc) is 2.96. The lowest BCUT2D eigenvalue weighted by Crippen LogP contribution is -2.30. The summed E-state index contributed by atoms with van der Waals surface area (Å²) in [7, 11) is 1.81. The van der Waals surface area contributed by atoms with Crippen molar-refractivity contribution in [1.29, 1.82) is 0 Å². The predicted octanol–water partition coefficient (Wildman–Crippen LogP) is 0.603. The van der Waals surface area contributed by atoms with Crippen molar-refractivity contribution in [2.24, 2.45) is 24.8 Å². The van der Waals surface area contributed by atoms with Crippen LogP contribution in [-0.4, -0.2) is 44.5 Å². The van der Waals surface area contributed by atoms with Gasteiger partial charge in [0.1, 0.15) is 5.69 Å². The number of amides is 1. The highest BCUT2D eigenvalue weighted by Gasteiger charge is 2.47. The Balaban J connectivity index is 1.75. The fourth-order valence-corrected chi connectivity index (χ4v) is 2.94. The first-order valence-electron chi connectivity index (χ1n) is 6.56. The molecule has 0 bridgehead atoms. The fraction of sp³-hybridized carbons (Fsp3) is 0.615. The Labute approximate surface area is 111 Å². The Hall–Kier alpha value is -1.85. The van der Waals surface area contributed by atoms with E-state index in [1.54, 1.807) is 29.0 Å². The zero-order valence-electron chi connectivity index (χ0n) is 10.8. The highest BCUT2D eigenvalue weighted by molar-refractivity contribution is 5.92. The van der Waals surface area contributed by atoms with Gasteiger partial charge in [0.15, 0.2) is 0 Å². The van der Waals surface area contributed by atoms with Crippen LogP contribution in [0.2, 0.25) is 0 Å². The average molecular weight is 263 g/mol. The summed E-state index contributed by atoms with van der Waals surface area (Å²) in [4.78, 5) is 29.3. The van der Waals surface area contributed by atoms with Crippen LogP contribution in [0.4, 0.5) is 0 Å². The van der Waals surface area contributed by atoms with E-state index in [0.717, 1.165) is 12.8 Å². The largest absolute Gasteiger partial charge is 0.481 e. The lowest BCUT2D eigenvalue weighted by Gasteiger charge is -2.14. The molecule has 1 aliphatic carbocycles. The number of carboxylic acids is 1. The van der Waals surface area contributed by atoms with Crippen LogP contribution in [0.3, 0.4) is 0 Å². The smallest absolute Gasteiger partial charge is 0.308 e. The number of aliphatic carboxylic acids is 1. The van der Waals surface area contributed by atoms with Crippen LogP contribution < -0.4 is 0 Å². The maximum Gasteiger partial charge on any atom is 0.308 e. The van der Waals surface area contributed by atoms with Crippen LogP contribution in [0.15, 0.2) is 12.5 Å². The second-order valence-electron chi connectivity index (χ2n) is 5.58. The van der Waals surface area contributed by atoms with Crippen molar-refractivity contribution in [3.05, 3.63) is 18.2 Å². The molecule has 1 aliphatic heterocycles. The van der Waals surface area contributed by atoms with Crippen molar-refractivity contribution < 1.29 is 14.7 Å². The van der Waals surface area contributed by atoms with E-state index in [4.69, 9.17) is 0 Å². The normalized spacial score (nSPS) is 26.7. The molecule has 1 amide bonds. The molecule has 2 fully saturated rings. The topological polar surface area (TPSA) is 75.4 Å². The molecule has 1 N–H and O–H groups in total. The van der Waals surface area contributed by atoms with E-state index in [-0.39, 0.29) is 11.8 Å². The molecule has 102 valence electrons. The van der Waals surface area contributed by atoms with Gasteiger partial charge in [-0.2, -0.15) is 0 Å². The molecule has 2 atom stereocenters. The zero-order chi connectivity index (χ0) is 13.6. The molecular formula is C13H17N3O3. The van der Waals surface area contributed by atoms with Crippen LogP contribution >= 0.6 is 0 Å². The molecule has 1 saturated carbocycles. The van der Waals surface area contributed by atoms with Gasteiger partial charge < -0.3 is 14.6 Å². The summed E-state index contributed by atoms with van der Waals surface area (Å²) >= 11 is 0. The number of carbonyl (C=O) groups excluding carboxylic acids is 1. The van der Waals surface area contributed by atoms with Gasteiger partial charge >= 0.3 is 5.97 Å². The van der Waals surface area contributed by atoms with E-state index in [0.29, 0.717) is 24.7 Å². The minimum atomic E-state index is -0.784. The number of imidazole rings is 1. The molecule has 6 heteroatoms. The lowest BCUT2D eigenvalue weighted by atomic mass is 9.92. The molecule has 1 aromatic heterocycles. The Morgan fingerprint density at radius 2 is 2.11 bits per heavy atom. The van der Waals surface area contributed by atoms with Gasteiger partial charge in [-0.1, -0.05) is 0 Å². The van der Waals surface area contributed by atoms with Crippen LogP contribution in [-0.2, 0) is 11.8 Å². The molecule has 1 saturated heterocycles. The summed E-state index contributed by atoms with van der Waals surface area (Å²) in [6.07, 6.45) is 5.44. The maximum atomic E-state index is 12.3. The molecule has 0 unspecified atom stereocenters. The third-order valence-electron chi connectivity index (χ3n) is 4.12. The lowest BCUT2D eigenvalue weighted by molar-refractivity contribution is -0.142. The highest BCUT2D eigenvalue weighted by Crippen LogP contribution is 2.44. The quantitative estimate of drug-likeness (QED) is 0.866. The van der Waals surface area contributed by atoms with Crippen LogP contribution in [0.5, 0.6) is 0 Å². The number of hydrogen-bond donors (Lipinski definition) is 1. The first-order valence-corrected chi connectivity index (χ1v) is 6.56. The number of carboxylic acid groups (broad SMARTS) is 1. The number of aromatic nitrogens is 2. The van der Waals surface area contributed by atoms with E-state index < -0.39 is 11.9 Å². The molecule has 0 radical (unpaired) electrons. The monoisotopic (exact) mass is 263 g/mol. The van der Waals surface area contributed by atoms with Gasteiger partial charge in [0.25, 0.3) is 5.91 Å². The first-order chi connectivity index (χ1) is 9.06. The molecule has 1 aromatic rings. The maximum absolute atomic E-state index is 12.3. The van der Waals surface area contributed by atoms with Gasteiger partial charge in [0.05, 0.1) is 12.2 Å². The van der Waals surface area contributed by atoms with E-state index in [1.807, 2.05) is 0 Å². The van der Waals surface area contributed by atoms with Crippen molar-refractivity contribution in [1.82, 2.24) is 14.5 Å². The van der Waals surface area contributed by atoms with Crippen LogP contribution in [0.25, 0.3) is 0 Å². The van der Waals surface area contributed by atoms with E-state index in [9.17, 15) is 14.7 Å². The third kappa shape index (κ3) is 2.22. The van der Waals surface area contributed by atoms with Crippen LogP contribution in [0, 0.1) is 17.8 Å². The van der Waals surface area contributed by atoms with E-state index in [1.165, 1.54) is 0 Å². The number of nitrogens with zero attached hydrogens (tertiary/aromatic N) is 3. The minimum absolute atomic E-state index is 0.116. The summed E-state index contributed by atoms with van der Waals surface area (Å²) in [5.74, 6) is -0.754. The van der Waals surface area contributed by atoms with Crippen molar-refractivity contribution in [2.45, 2.75) is 12.8 Å². The Morgan fingerprint density at radius 1 is 1.37 bits per heavy atom. The second kappa shape index (κ2) is 4.36. The summed E-state index contributed by atoms with van der Waals surface area (Å²) in [5.41, 5.74) is 0.392. The van der Waals surface area contributed by atoms with Gasteiger partial charge in [0.2, 0.25) is 0 Å². The van der Waals surface area contributed by atoms with Crippen molar-refractivity contribution >= 4 is 11.9 Å². The molecule has 0 spiro atoms. The van der Waals surface area contributed by atoms with Crippen molar-refractivity contribution in [3.8, 4) is 0 Å². The zero-order valence-corrected chi connectivity index (χ0v) is 10.8. The van der Waals surface area contributed by atoms with Gasteiger partial charge in [-0.15, -0.1) is 0 Å². The number of rotatable bonds is 3. The summed E-state index contributed by atoms with van der Waals surface area (Å²) < 4.78 is 1.72. The summed E-state index contributed by atoms with van der Waals surface area (Å²) in [6, 6.07) is 0. The predicted molar refractivity (Wildman–Crippen MR) is 66.5 cm³/mol. The van der Waals surface area contributed by atoms with E-state index >= 15 is 0 Å². The second-order valence-corrected chi connectivity index (χ2v) is 5.58. The van der Waals surface area contributed by atoms with Gasteiger partial charge in [0, 0.05) is 26.3 Å². The highest BCUT2D eigenvalue weighted by atomic mass is 16.4. The number of carbonyl (C=O) groups is 2. The minimum Gasteiger partial charge on any atom is -0.481 e. The molecule has 2 aliphatic rings. The third-order valence-corrected chi connectivity index (χ3v) is 4.12. The van der Waals surface area contributed by atoms with Gasteiger partial charge in [-0.3, -0.25) is 9.59 Å². The van der Waals surface area contributed by atoms with Crippen molar-refractivity contribution in [3.63, 3.8) is 0 Å².